The van der Waals surface area contributed by atoms with Crippen LogP contribution < -0.4 is 16.4 Å². The van der Waals surface area contributed by atoms with Crippen LogP contribution in [0.15, 0.2) is 29.8 Å². The second kappa shape index (κ2) is 5.50. The van der Waals surface area contributed by atoms with Gasteiger partial charge >= 0.3 is 6.03 Å². The van der Waals surface area contributed by atoms with E-state index < -0.39 is 0 Å². The Balaban J connectivity index is 1.86. The maximum Gasteiger partial charge on any atom is 0.319 e. The van der Waals surface area contributed by atoms with E-state index in [9.17, 15) is 4.79 Å². The number of nitrogens with two attached hydrogens (primary N) is 1. The minimum Gasteiger partial charge on any atom is -0.399 e. The number of carbonyl (C=O) groups excluding carboxylic acids is 1. The Morgan fingerprint density at radius 3 is 2.72 bits per heavy atom. The first kappa shape index (κ1) is 12.4. The molecule has 0 bridgehead atoms. The van der Waals surface area contributed by atoms with Crippen molar-refractivity contribution in [3.05, 3.63) is 40.3 Å². The number of nitrogens with one attached hydrogen (secondary N) is 2. The van der Waals surface area contributed by atoms with Crippen LogP contribution in [-0.4, -0.2) is 11.0 Å². The molecule has 2 aromatic rings. The van der Waals surface area contributed by atoms with E-state index in [0.717, 1.165) is 10.6 Å². The van der Waals surface area contributed by atoms with Crippen LogP contribution in [0.2, 0.25) is 0 Å². The Hall–Kier alpha value is -2.08. The molecule has 6 heteroatoms. The lowest BCUT2D eigenvalue weighted by atomic mass is 10.3. The fourth-order valence-corrected chi connectivity index (χ4v) is 2.12. The molecule has 4 N–H and O–H groups in total. The van der Waals surface area contributed by atoms with E-state index in [2.05, 4.69) is 15.6 Å². The van der Waals surface area contributed by atoms with Crippen LogP contribution in [0, 0.1) is 6.92 Å². The first-order chi connectivity index (χ1) is 8.65. The quantitative estimate of drug-likeness (QED) is 0.743. The normalized spacial score (nSPS) is 10.1. The van der Waals surface area contributed by atoms with Crippen molar-refractivity contribution in [1.82, 2.24) is 10.3 Å². The van der Waals surface area contributed by atoms with Crippen LogP contribution in [0.4, 0.5) is 16.2 Å². The van der Waals surface area contributed by atoms with Gasteiger partial charge in [0.2, 0.25) is 0 Å². The average molecular weight is 262 g/mol. The molecule has 2 amide bonds. The molecule has 0 saturated carbocycles. The highest BCUT2D eigenvalue weighted by Crippen LogP contribution is 2.12. The highest BCUT2D eigenvalue weighted by Gasteiger charge is 2.04. The molecule has 0 saturated heterocycles. The first-order valence-electron chi connectivity index (χ1n) is 5.44. The van der Waals surface area contributed by atoms with Crippen molar-refractivity contribution in [2.45, 2.75) is 13.5 Å². The van der Waals surface area contributed by atoms with E-state index in [0.29, 0.717) is 17.9 Å². The fourth-order valence-electron chi connectivity index (χ4n) is 1.40. The summed E-state index contributed by atoms with van der Waals surface area (Å²) in [5, 5.41) is 5.51. The summed E-state index contributed by atoms with van der Waals surface area (Å²) in [5.41, 5.74) is 9.66. The summed E-state index contributed by atoms with van der Waals surface area (Å²) < 4.78 is 0. The zero-order chi connectivity index (χ0) is 13.0. The summed E-state index contributed by atoms with van der Waals surface area (Å²) in [5.74, 6) is 0. The molecule has 0 atom stereocenters. The van der Waals surface area contributed by atoms with Gasteiger partial charge in [-0.1, -0.05) is 0 Å². The van der Waals surface area contributed by atoms with E-state index in [4.69, 9.17) is 5.73 Å². The van der Waals surface area contributed by atoms with Gasteiger partial charge in [0.25, 0.3) is 0 Å². The third kappa shape index (κ3) is 3.21. The summed E-state index contributed by atoms with van der Waals surface area (Å²) in [7, 11) is 0. The van der Waals surface area contributed by atoms with Gasteiger partial charge in [-0.25, -0.2) is 9.78 Å². The van der Waals surface area contributed by atoms with Gasteiger partial charge in [0.15, 0.2) is 0 Å². The SMILES string of the molecule is Cc1ncsc1CNC(=O)Nc1ccc(N)cc1. The smallest absolute Gasteiger partial charge is 0.319 e. The molecule has 0 aliphatic carbocycles. The fraction of sp³-hybridized carbons (Fsp3) is 0.167. The van der Waals surface area contributed by atoms with E-state index in [1.54, 1.807) is 29.8 Å². The van der Waals surface area contributed by atoms with E-state index >= 15 is 0 Å². The molecule has 0 aliphatic heterocycles. The summed E-state index contributed by atoms with van der Waals surface area (Å²) in [6, 6.07) is 6.75. The third-order valence-electron chi connectivity index (χ3n) is 2.42. The zero-order valence-corrected chi connectivity index (χ0v) is 10.8. The van der Waals surface area contributed by atoms with Crippen LogP contribution in [0.25, 0.3) is 0 Å². The molecule has 0 unspecified atom stereocenters. The Kier molecular flexibility index (Phi) is 3.78. The highest BCUT2D eigenvalue weighted by molar-refractivity contribution is 7.09. The van der Waals surface area contributed by atoms with E-state index in [-0.39, 0.29) is 6.03 Å². The van der Waals surface area contributed by atoms with Gasteiger partial charge < -0.3 is 16.4 Å². The van der Waals surface area contributed by atoms with Crippen LogP contribution in [0.5, 0.6) is 0 Å². The Labute approximate surface area is 109 Å². The number of hydrogen-bond donors (Lipinski definition) is 3. The largest absolute Gasteiger partial charge is 0.399 e. The maximum atomic E-state index is 11.6. The molecule has 0 aliphatic rings. The number of rotatable bonds is 3. The van der Waals surface area contributed by atoms with Gasteiger partial charge in [-0.3, -0.25) is 0 Å². The van der Waals surface area contributed by atoms with Crippen molar-refractivity contribution in [2.75, 3.05) is 11.1 Å². The Bertz CT molecular complexity index is 535. The molecule has 2 rings (SSSR count). The second-order valence-electron chi connectivity index (χ2n) is 3.79. The molecule has 0 fully saturated rings. The Morgan fingerprint density at radius 2 is 2.11 bits per heavy atom. The highest BCUT2D eigenvalue weighted by atomic mass is 32.1. The first-order valence-corrected chi connectivity index (χ1v) is 6.32. The van der Waals surface area contributed by atoms with Crippen molar-refractivity contribution in [3.8, 4) is 0 Å². The van der Waals surface area contributed by atoms with Crippen molar-refractivity contribution >= 4 is 28.7 Å². The number of hydrogen-bond acceptors (Lipinski definition) is 4. The van der Waals surface area contributed by atoms with Gasteiger partial charge in [-0.05, 0) is 31.2 Å². The third-order valence-corrected chi connectivity index (χ3v) is 3.36. The minimum absolute atomic E-state index is 0.243. The number of aromatic nitrogens is 1. The van der Waals surface area contributed by atoms with Crippen LogP contribution in [-0.2, 0) is 6.54 Å². The molecular formula is C12H14N4OS. The Morgan fingerprint density at radius 1 is 1.39 bits per heavy atom. The lowest BCUT2D eigenvalue weighted by Crippen LogP contribution is -2.28. The van der Waals surface area contributed by atoms with E-state index in [1.165, 1.54) is 11.3 Å². The number of urea groups is 1. The average Bonchev–Trinajstić information content (AvgIpc) is 2.75. The summed E-state index contributed by atoms with van der Waals surface area (Å²) in [6.45, 7) is 2.41. The number of nitrogens with zero attached hydrogens (tertiary/aromatic N) is 1. The summed E-state index contributed by atoms with van der Waals surface area (Å²) in [6.07, 6.45) is 0. The summed E-state index contributed by atoms with van der Waals surface area (Å²) >= 11 is 1.53. The van der Waals surface area contributed by atoms with Crippen molar-refractivity contribution in [1.29, 1.82) is 0 Å². The number of amides is 2. The van der Waals surface area contributed by atoms with Crippen molar-refractivity contribution < 1.29 is 4.79 Å². The number of carbonyl (C=O) groups is 1. The molecule has 0 radical (unpaired) electrons. The van der Waals surface area contributed by atoms with Gasteiger partial charge in [-0.15, -0.1) is 11.3 Å². The van der Waals surface area contributed by atoms with Crippen molar-refractivity contribution in [3.63, 3.8) is 0 Å². The minimum atomic E-state index is -0.243. The predicted molar refractivity (Wildman–Crippen MR) is 73.6 cm³/mol. The molecule has 94 valence electrons. The van der Waals surface area contributed by atoms with Crippen molar-refractivity contribution in [2.24, 2.45) is 0 Å². The number of aryl methyl sites for hydroxylation is 1. The molecular weight excluding hydrogens is 248 g/mol. The van der Waals surface area contributed by atoms with Gasteiger partial charge in [0.05, 0.1) is 17.7 Å². The number of nitrogen functional groups attached to an aromatic ring is 1. The molecule has 0 spiro atoms. The number of anilines is 2. The van der Waals surface area contributed by atoms with Crippen LogP contribution >= 0.6 is 11.3 Å². The van der Waals surface area contributed by atoms with Gasteiger partial charge in [0, 0.05) is 16.3 Å². The molecule has 1 heterocycles. The maximum absolute atomic E-state index is 11.6. The molecule has 18 heavy (non-hydrogen) atoms. The lowest BCUT2D eigenvalue weighted by Gasteiger charge is -2.07. The van der Waals surface area contributed by atoms with Crippen LogP contribution in [0.1, 0.15) is 10.6 Å². The molecule has 1 aromatic heterocycles. The molecule has 1 aromatic carbocycles. The van der Waals surface area contributed by atoms with Gasteiger partial charge in [0.1, 0.15) is 0 Å². The van der Waals surface area contributed by atoms with E-state index in [1.807, 2.05) is 6.92 Å². The van der Waals surface area contributed by atoms with Gasteiger partial charge in [-0.2, -0.15) is 0 Å². The predicted octanol–water partition coefficient (Wildman–Crippen LogP) is 2.36. The zero-order valence-electron chi connectivity index (χ0n) is 9.93. The standard InChI is InChI=1S/C12H14N4OS/c1-8-11(18-7-15-8)6-14-12(17)16-10-4-2-9(13)3-5-10/h2-5,7H,6,13H2,1H3,(H2,14,16,17). The summed E-state index contributed by atoms with van der Waals surface area (Å²) in [4.78, 5) is 16.8. The monoisotopic (exact) mass is 262 g/mol. The number of benzene rings is 1. The van der Waals surface area contributed by atoms with Crippen LogP contribution in [0.3, 0.4) is 0 Å². The molecule has 5 nitrogen and oxygen atoms in total. The number of thiazole rings is 1. The topological polar surface area (TPSA) is 80.0 Å². The second-order valence-corrected chi connectivity index (χ2v) is 4.73. The lowest BCUT2D eigenvalue weighted by molar-refractivity contribution is 0.252.